The predicted molar refractivity (Wildman–Crippen MR) is 97.3 cm³/mol. The van der Waals surface area contributed by atoms with Gasteiger partial charge in [-0.25, -0.2) is 22.3 Å². The third-order valence-electron chi connectivity index (χ3n) is 4.36. The van der Waals surface area contributed by atoms with E-state index in [-0.39, 0.29) is 30.1 Å². The van der Waals surface area contributed by atoms with Crippen molar-refractivity contribution in [3.8, 4) is 0 Å². The van der Waals surface area contributed by atoms with Crippen molar-refractivity contribution in [3.63, 3.8) is 0 Å². The third-order valence-corrected chi connectivity index (χ3v) is 5.78. The molecule has 9 heteroatoms. The summed E-state index contributed by atoms with van der Waals surface area (Å²) in [6.07, 6.45) is 0.193. The van der Waals surface area contributed by atoms with Crippen molar-refractivity contribution >= 4 is 21.1 Å². The van der Waals surface area contributed by atoms with Crippen LogP contribution in [0, 0.1) is 11.7 Å². The number of nitrogens with zero attached hydrogens (tertiary/aromatic N) is 1. The summed E-state index contributed by atoms with van der Waals surface area (Å²) in [6, 6.07) is 10.3. The number of oxazole rings is 1. The van der Waals surface area contributed by atoms with Crippen LogP contribution in [-0.2, 0) is 23.5 Å². The number of benzene rings is 2. The average Bonchev–Trinajstić information content (AvgIpc) is 2.93. The monoisotopic (exact) mass is 394 g/mol. The summed E-state index contributed by atoms with van der Waals surface area (Å²) in [7, 11) is -2.37. The zero-order valence-corrected chi connectivity index (χ0v) is 15.4. The summed E-state index contributed by atoms with van der Waals surface area (Å²) in [5.74, 6) is -1.48. The van der Waals surface area contributed by atoms with Gasteiger partial charge in [0.2, 0.25) is 10.0 Å². The number of aliphatic hydroxyl groups excluding tert-OH is 1. The van der Waals surface area contributed by atoms with E-state index in [9.17, 15) is 22.7 Å². The Hall–Kier alpha value is -2.49. The normalized spacial score (nSPS) is 13.1. The van der Waals surface area contributed by atoms with Crippen LogP contribution < -0.4 is 10.5 Å². The number of aliphatic hydroxyl groups is 1. The highest BCUT2D eigenvalue weighted by Gasteiger charge is 2.19. The largest absolute Gasteiger partial charge is 0.419 e. The van der Waals surface area contributed by atoms with Gasteiger partial charge in [-0.05, 0) is 36.1 Å². The third kappa shape index (κ3) is 4.10. The lowest BCUT2D eigenvalue weighted by Gasteiger charge is -2.16. The van der Waals surface area contributed by atoms with Gasteiger partial charge >= 0.3 is 5.76 Å². The smallest absolute Gasteiger partial charge is 0.408 e. The quantitative estimate of drug-likeness (QED) is 0.631. The molecule has 0 radical (unpaired) electrons. The van der Waals surface area contributed by atoms with E-state index in [1.165, 1.54) is 35.9 Å². The van der Waals surface area contributed by atoms with E-state index < -0.39 is 27.5 Å². The van der Waals surface area contributed by atoms with Gasteiger partial charge in [-0.1, -0.05) is 18.2 Å². The number of hydrogen-bond donors (Lipinski definition) is 2. The molecular formula is C18H19FN2O5S. The number of rotatable bonds is 7. The second-order valence-corrected chi connectivity index (χ2v) is 8.02. The van der Waals surface area contributed by atoms with E-state index in [0.29, 0.717) is 11.1 Å². The Labute approximate surface area is 155 Å². The zero-order valence-electron chi connectivity index (χ0n) is 14.6. The van der Waals surface area contributed by atoms with Crippen molar-refractivity contribution < 1.29 is 22.3 Å². The molecular weight excluding hydrogens is 375 g/mol. The maximum Gasteiger partial charge on any atom is 0.419 e. The molecule has 0 fully saturated rings. The van der Waals surface area contributed by atoms with Crippen molar-refractivity contribution in [3.05, 3.63) is 64.4 Å². The van der Waals surface area contributed by atoms with Crippen LogP contribution in [0.4, 0.5) is 4.39 Å². The molecule has 0 saturated heterocycles. The highest BCUT2D eigenvalue weighted by Crippen LogP contribution is 2.18. The number of nitrogens with one attached hydrogen (secondary N) is 1. The maximum atomic E-state index is 13.8. The molecule has 2 aromatic carbocycles. The standard InChI is InChI=1S/C18H19FN2O5S/c1-21-16-7-6-14(9-17(16)26-18(21)23)27(24,25)20-10-12(11-22)8-13-4-2-3-5-15(13)19/h2-7,9,12,20,22H,8,10-11H2,1H3. The molecule has 3 aromatic rings. The Morgan fingerprint density at radius 3 is 2.70 bits per heavy atom. The second kappa shape index (κ2) is 7.63. The molecule has 0 amide bonds. The minimum Gasteiger partial charge on any atom is -0.408 e. The van der Waals surface area contributed by atoms with Crippen molar-refractivity contribution in [2.45, 2.75) is 11.3 Å². The number of fused-ring (bicyclic) bond motifs is 1. The van der Waals surface area contributed by atoms with Crippen LogP contribution in [0.5, 0.6) is 0 Å². The van der Waals surface area contributed by atoms with Crippen molar-refractivity contribution in [2.75, 3.05) is 13.2 Å². The summed E-state index contributed by atoms with van der Waals surface area (Å²) >= 11 is 0. The minimum absolute atomic E-state index is 0.0630. The van der Waals surface area contributed by atoms with Gasteiger partial charge in [-0.3, -0.25) is 4.57 Å². The van der Waals surface area contributed by atoms with E-state index in [2.05, 4.69) is 4.72 Å². The minimum atomic E-state index is -3.89. The fourth-order valence-corrected chi connectivity index (χ4v) is 3.90. The molecule has 0 aliphatic heterocycles. The molecule has 1 unspecified atom stereocenters. The molecule has 1 heterocycles. The summed E-state index contributed by atoms with van der Waals surface area (Å²) in [4.78, 5) is 11.5. The Morgan fingerprint density at radius 1 is 1.26 bits per heavy atom. The van der Waals surface area contributed by atoms with Crippen LogP contribution in [0.2, 0.25) is 0 Å². The summed E-state index contributed by atoms with van der Waals surface area (Å²) in [5, 5.41) is 9.51. The van der Waals surface area contributed by atoms with Gasteiger partial charge in [0.1, 0.15) is 5.82 Å². The van der Waals surface area contributed by atoms with Crippen LogP contribution in [-0.4, -0.2) is 31.2 Å². The van der Waals surface area contributed by atoms with Crippen LogP contribution in [0.25, 0.3) is 11.1 Å². The highest BCUT2D eigenvalue weighted by molar-refractivity contribution is 7.89. The lowest BCUT2D eigenvalue weighted by molar-refractivity contribution is 0.226. The Morgan fingerprint density at radius 2 is 2.00 bits per heavy atom. The highest BCUT2D eigenvalue weighted by atomic mass is 32.2. The van der Waals surface area contributed by atoms with Crippen molar-refractivity contribution in [1.29, 1.82) is 0 Å². The van der Waals surface area contributed by atoms with Gasteiger partial charge in [0.25, 0.3) is 0 Å². The first-order chi connectivity index (χ1) is 12.8. The van der Waals surface area contributed by atoms with Crippen LogP contribution in [0.3, 0.4) is 0 Å². The Balaban J connectivity index is 1.75. The van der Waals surface area contributed by atoms with Crippen LogP contribution in [0.15, 0.2) is 56.6 Å². The van der Waals surface area contributed by atoms with Crippen LogP contribution in [0.1, 0.15) is 5.56 Å². The van der Waals surface area contributed by atoms with Crippen LogP contribution >= 0.6 is 0 Å². The second-order valence-electron chi connectivity index (χ2n) is 6.25. The SMILES string of the molecule is Cn1c(=O)oc2cc(S(=O)(=O)NCC(CO)Cc3ccccc3F)ccc21. The number of aromatic nitrogens is 1. The fourth-order valence-electron chi connectivity index (χ4n) is 2.77. The molecule has 27 heavy (non-hydrogen) atoms. The van der Waals surface area contributed by atoms with Gasteiger partial charge in [0.05, 0.1) is 10.4 Å². The molecule has 7 nitrogen and oxygen atoms in total. The van der Waals surface area contributed by atoms with Crippen molar-refractivity contribution in [2.24, 2.45) is 13.0 Å². The Kier molecular flexibility index (Phi) is 5.45. The maximum absolute atomic E-state index is 13.8. The fraction of sp³-hybridized carbons (Fsp3) is 0.278. The van der Waals surface area contributed by atoms with Gasteiger partial charge in [0.15, 0.2) is 5.58 Å². The predicted octanol–water partition coefficient (Wildman–Crippen LogP) is 1.40. The molecule has 0 saturated carbocycles. The van der Waals surface area contributed by atoms with E-state index >= 15 is 0 Å². The Bertz CT molecular complexity index is 1120. The molecule has 0 spiro atoms. The molecule has 1 atom stereocenters. The first-order valence-corrected chi connectivity index (χ1v) is 9.73. The molecule has 1 aromatic heterocycles. The number of hydrogen-bond acceptors (Lipinski definition) is 5. The zero-order chi connectivity index (χ0) is 19.6. The average molecular weight is 394 g/mol. The topological polar surface area (TPSA) is 102 Å². The first-order valence-electron chi connectivity index (χ1n) is 8.25. The van der Waals surface area contributed by atoms with E-state index in [1.807, 2.05) is 0 Å². The number of sulfonamides is 1. The molecule has 0 aliphatic rings. The molecule has 0 aliphatic carbocycles. The van der Waals surface area contributed by atoms with Crippen molar-refractivity contribution in [1.82, 2.24) is 9.29 Å². The van der Waals surface area contributed by atoms with Gasteiger partial charge in [0, 0.05) is 26.3 Å². The van der Waals surface area contributed by atoms with Gasteiger partial charge < -0.3 is 9.52 Å². The lowest BCUT2D eigenvalue weighted by Crippen LogP contribution is -2.32. The molecule has 144 valence electrons. The summed E-state index contributed by atoms with van der Waals surface area (Å²) in [6.45, 7) is -0.368. The van der Waals surface area contributed by atoms with E-state index in [4.69, 9.17) is 4.42 Å². The van der Waals surface area contributed by atoms with Gasteiger partial charge in [-0.2, -0.15) is 0 Å². The van der Waals surface area contributed by atoms with E-state index in [1.54, 1.807) is 18.2 Å². The number of aryl methyl sites for hydroxylation is 1. The summed E-state index contributed by atoms with van der Waals surface area (Å²) in [5.41, 5.74) is 1.05. The number of halogens is 1. The molecule has 2 N–H and O–H groups in total. The lowest BCUT2D eigenvalue weighted by atomic mass is 10.00. The van der Waals surface area contributed by atoms with Gasteiger partial charge in [-0.15, -0.1) is 0 Å². The van der Waals surface area contributed by atoms with E-state index in [0.717, 1.165) is 0 Å². The first kappa shape index (κ1) is 19.3. The molecule has 3 rings (SSSR count). The summed E-state index contributed by atoms with van der Waals surface area (Å²) < 4.78 is 47.5. The molecule has 0 bridgehead atoms.